The molecule has 0 fully saturated rings. The van der Waals surface area contributed by atoms with Gasteiger partial charge in [-0.15, -0.1) is 0 Å². The van der Waals surface area contributed by atoms with Gasteiger partial charge in [-0.1, -0.05) is 52.3 Å². The van der Waals surface area contributed by atoms with Crippen LogP contribution in [0.3, 0.4) is 0 Å². The zero-order valence-corrected chi connectivity index (χ0v) is 11.5. The van der Waals surface area contributed by atoms with Crippen molar-refractivity contribution in [1.29, 1.82) is 0 Å². The summed E-state index contributed by atoms with van der Waals surface area (Å²) in [5.74, 6) is 0.271. The number of carbonyl (C=O) groups is 1. The Balaban J connectivity index is 2.00. The first-order chi connectivity index (χ1) is 8.75. The molecule has 90 valence electrons. The van der Waals surface area contributed by atoms with Crippen LogP contribution in [0.1, 0.15) is 33.8 Å². The van der Waals surface area contributed by atoms with Gasteiger partial charge in [0.25, 0.3) is 0 Å². The second kappa shape index (κ2) is 4.69. The number of benzene rings is 2. The van der Waals surface area contributed by atoms with Gasteiger partial charge in [0.1, 0.15) is 0 Å². The van der Waals surface area contributed by atoms with Crippen LogP contribution in [0.25, 0.3) is 0 Å². The molecule has 0 heterocycles. The lowest BCUT2D eigenvalue weighted by molar-refractivity contribution is 0.0946. The van der Waals surface area contributed by atoms with E-state index in [1.54, 1.807) is 0 Å². The van der Waals surface area contributed by atoms with E-state index in [1.165, 1.54) is 5.56 Å². The third-order valence-electron chi connectivity index (χ3n) is 3.55. The molecule has 0 aliphatic heterocycles. The van der Waals surface area contributed by atoms with Crippen molar-refractivity contribution in [2.75, 3.05) is 0 Å². The summed E-state index contributed by atoms with van der Waals surface area (Å²) in [4.78, 5) is 12.5. The smallest absolute Gasteiger partial charge is 0.170 e. The van der Waals surface area contributed by atoms with Gasteiger partial charge < -0.3 is 0 Å². The van der Waals surface area contributed by atoms with Gasteiger partial charge in [0, 0.05) is 16.0 Å². The van der Waals surface area contributed by atoms with E-state index in [1.807, 2.05) is 36.4 Å². The van der Waals surface area contributed by atoms with E-state index in [0.29, 0.717) is 0 Å². The quantitative estimate of drug-likeness (QED) is 0.765. The molecule has 1 aliphatic rings. The lowest BCUT2D eigenvalue weighted by atomic mass is 9.79. The molecule has 0 aromatic heterocycles. The minimum atomic E-state index is 0.0115. The molecule has 0 radical (unpaired) electrons. The van der Waals surface area contributed by atoms with Gasteiger partial charge in [-0.2, -0.15) is 0 Å². The maximum Gasteiger partial charge on any atom is 0.170 e. The van der Waals surface area contributed by atoms with E-state index in [0.717, 1.165) is 28.4 Å². The molecule has 3 rings (SSSR count). The van der Waals surface area contributed by atoms with E-state index >= 15 is 0 Å². The Kier molecular flexibility index (Phi) is 3.04. The number of aryl methyl sites for hydroxylation is 1. The molecule has 2 aromatic carbocycles. The Hall–Kier alpha value is -1.41. The molecule has 0 spiro atoms. The summed E-state index contributed by atoms with van der Waals surface area (Å²) in [6.45, 7) is 0. The molecule has 2 heteroatoms. The summed E-state index contributed by atoms with van der Waals surface area (Å²) in [7, 11) is 0. The Morgan fingerprint density at radius 3 is 2.72 bits per heavy atom. The molecule has 0 N–H and O–H groups in total. The maximum atomic E-state index is 12.5. The fourth-order valence-electron chi connectivity index (χ4n) is 2.64. The monoisotopic (exact) mass is 300 g/mol. The summed E-state index contributed by atoms with van der Waals surface area (Å²) in [5, 5.41) is 0. The summed E-state index contributed by atoms with van der Waals surface area (Å²) < 4.78 is 1.03. The van der Waals surface area contributed by atoms with Crippen LogP contribution in [0.5, 0.6) is 0 Å². The summed E-state index contributed by atoms with van der Waals surface area (Å²) in [6, 6.07) is 16.0. The van der Waals surface area contributed by atoms with Crippen molar-refractivity contribution < 1.29 is 4.79 Å². The van der Waals surface area contributed by atoms with Crippen molar-refractivity contribution in [3.05, 3.63) is 69.7 Å². The van der Waals surface area contributed by atoms with Gasteiger partial charge in [-0.05, 0) is 36.1 Å². The minimum Gasteiger partial charge on any atom is -0.293 e. The standard InChI is InChI=1S/C16H13BrO/c17-13-6-3-5-12(10-13)15-9-8-11-4-1-2-7-14(11)16(15)18/h1-7,10,15H,8-9H2. The topological polar surface area (TPSA) is 17.1 Å². The molecular formula is C16H13BrO. The van der Waals surface area contributed by atoms with Crippen molar-refractivity contribution >= 4 is 21.7 Å². The normalized spacial score (nSPS) is 18.5. The van der Waals surface area contributed by atoms with Gasteiger partial charge in [0.15, 0.2) is 5.78 Å². The van der Waals surface area contributed by atoms with Gasteiger partial charge >= 0.3 is 0 Å². The second-order valence-electron chi connectivity index (χ2n) is 4.67. The third kappa shape index (κ3) is 2.01. The van der Waals surface area contributed by atoms with Gasteiger partial charge in [0.2, 0.25) is 0 Å². The van der Waals surface area contributed by atoms with Crippen molar-refractivity contribution in [1.82, 2.24) is 0 Å². The van der Waals surface area contributed by atoms with E-state index in [4.69, 9.17) is 0 Å². The van der Waals surface area contributed by atoms with Crippen LogP contribution in [0.4, 0.5) is 0 Å². The minimum absolute atomic E-state index is 0.0115. The van der Waals surface area contributed by atoms with Crippen LogP contribution in [-0.4, -0.2) is 5.78 Å². The fourth-order valence-corrected chi connectivity index (χ4v) is 3.06. The Morgan fingerprint density at radius 2 is 1.89 bits per heavy atom. The zero-order chi connectivity index (χ0) is 12.5. The largest absolute Gasteiger partial charge is 0.293 e. The molecule has 18 heavy (non-hydrogen) atoms. The number of Topliss-reactive ketones (excluding diaryl/α,β-unsaturated/α-hetero) is 1. The molecule has 0 saturated carbocycles. The SMILES string of the molecule is O=C1c2ccccc2CCC1c1cccc(Br)c1. The van der Waals surface area contributed by atoms with Gasteiger partial charge in [-0.25, -0.2) is 0 Å². The fraction of sp³-hybridized carbons (Fsp3) is 0.188. The number of rotatable bonds is 1. The molecule has 1 atom stereocenters. The highest BCUT2D eigenvalue weighted by Crippen LogP contribution is 2.33. The highest BCUT2D eigenvalue weighted by atomic mass is 79.9. The number of halogens is 1. The Labute approximate surface area is 115 Å². The second-order valence-corrected chi connectivity index (χ2v) is 5.58. The van der Waals surface area contributed by atoms with Gasteiger partial charge in [0.05, 0.1) is 0 Å². The summed E-state index contributed by atoms with van der Waals surface area (Å²) >= 11 is 3.47. The van der Waals surface area contributed by atoms with Crippen molar-refractivity contribution in [2.24, 2.45) is 0 Å². The number of hydrogen-bond donors (Lipinski definition) is 0. The lowest BCUT2D eigenvalue weighted by Crippen LogP contribution is -2.20. The summed E-state index contributed by atoms with van der Waals surface area (Å²) in [6.07, 6.45) is 1.89. The molecule has 0 saturated heterocycles. The van der Waals surface area contributed by atoms with Gasteiger partial charge in [-0.3, -0.25) is 4.79 Å². The number of hydrogen-bond acceptors (Lipinski definition) is 1. The Bertz CT molecular complexity index is 604. The lowest BCUT2D eigenvalue weighted by Gasteiger charge is -2.23. The molecule has 0 amide bonds. The van der Waals surface area contributed by atoms with Crippen LogP contribution in [-0.2, 0) is 6.42 Å². The molecular weight excluding hydrogens is 288 g/mol. The molecule has 0 bridgehead atoms. The van der Waals surface area contributed by atoms with Crippen LogP contribution in [0.15, 0.2) is 53.0 Å². The highest BCUT2D eigenvalue weighted by molar-refractivity contribution is 9.10. The first-order valence-corrected chi connectivity index (χ1v) is 6.92. The molecule has 2 aromatic rings. The first kappa shape index (κ1) is 11.7. The number of carbonyl (C=O) groups excluding carboxylic acids is 1. The predicted molar refractivity (Wildman–Crippen MR) is 76.0 cm³/mol. The summed E-state index contributed by atoms with van der Waals surface area (Å²) in [5.41, 5.74) is 3.20. The highest BCUT2D eigenvalue weighted by Gasteiger charge is 2.28. The molecule has 1 aliphatic carbocycles. The van der Waals surface area contributed by atoms with E-state index < -0.39 is 0 Å². The van der Waals surface area contributed by atoms with E-state index in [-0.39, 0.29) is 11.7 Å². The zero-order valence-electron chi connectivity index (χ0n) is 9.90. The molecule has 1 unspecified atom stereocenters. The predicted octanol–water partition coefficient (Wildman–Crippen LogP) is 4.36. The number of fused-ring (bicyclic) bond motifs is 1. The van der Waals surface area contributed by atoms with E-state index in [2.05, 4.69) is 28.1 Å². The average molecular weight is 301 g/mol. The van der Waals surface area contributed by atoms with Crippen molar-refractivity contribution in [2.45, 2.75) is 18.8 Å². The van der Waals surface area contributed by atoms with Crippen LogP contribution >= 0.6 is 15.9 Å². The van der Waals surface area contributed by atoms with E-state index in [9.17, 15) is 4.79 Å². The maximum absolute atomic E-state index is 12.5. The number of ketones is 1. The van der Waals surface area contributed by atoms with Crippen LogP contribution in [0, 0.1) is 0 Å². The third-order valence-corrected chi connectivity index (χ3v) is 4.05. The van der Waals surface area contributed by atoms with Crippen molar-refractivity contribution in [3.8, 4) is 0 Å². The van der Waals surface area contributed by atoms with Crippen LogP contribution in [0.2, 0.25) is 0 Å². The average Bonchev–Trinajstić information content (AvgIpc) is 2.39. The molecule has 1 nitrogen and oxygen atoms in total. The van der Waals surface area contributed by atoms with Crippen molar-refractivity contribution in [3.63, 3.8) is 0 Å². The first-order valence-electron chi connectivity index (χ1n) is 6.13. The Morgan fingerprint density at radius 1 is 1.06 bits per heavy atom. The van der Waals surface area contributed by atoms with Crippen LogP contribution < -0.4 is 0 Å².